The monoisotopic (exact) mass is 315 g/mol. The molecule has 2 aromatic rings. The summed E-state index contributed by atoms with van der Waals surface area (Å²) in [5.74, 6) is 0.794. The minimum atomic E-state index is -0.248. The molecule has 1 heterocycles. The maximum Gasteiger partial charge on any atom is 0.224 e. The summed E-state index contributed by atoms with van der Waals surface area (Å²) in [7, 11) is 0. The fraction of sp³-hybridized carbons (Fsp3) is 0.278. The Kier molecular flexibility index (Phi) is 4.78. The summed E-state index contributed by atoms with van der Waals surface area (Å²) in [6.45, 7) is 0.736. The van der Waals surface area contributed by atoms with E-state index in [0.717, 1.165) is 24.3 Å². The van der Waals surface area contributed by atoms with Gasteiger partial charge in [0.05, 0.1) is 0 Å². The molecule has 1 atom stereocenters. The second kappa shape index (κ2) is 6.97. The van der Waals surface area contributed by atoms with Crippen molar-refractivity contribution in [2.75, 3.05) is 12.3 Å². The van der Waals surface area contributed by atoms with E-state index in [1.54, 1.807) is 17.8 Å². The number of carbonyl (C=O) groups excluding carboxylic acids is 1. The van der Waals surface area contributed by atoms with Crippen LogP contribution >= 0.6 is 11.8 Å². The predicted octanol–water partition coefficient (Wildman–Crippen LogP) is 4.03. The average Bonchev–Trinajstić information content (AvgIpc) is 3.03. The van der Waals surface area contributed by atoms with Crippen molar-refractivity contribution in [1.82, 2.24) is 4.90 Å². The van der Waals surface area contributed by atoms with Gasteiger partial charge in [-0.3, -0.25) is 4.79 Å². The molecule has 0 aromatic heterocycles. The normalized spacial score (nSPS) is 17.7. The number of hydrogen-bond donors (Lipinski definition) is 0. The molecule has 1 fully saturated rings. The smallest absolute Gasteiger partial charge is 0.224 e. The highest BCUT2D eigenvalue weighted by Gasteiger charge is 2.30. The number of halogens is 1. The molecule has 0 spiro atoms. The van der Waals surface area contributed by atoms with E-state index in [2.05, 4.69) is 0 Å². The summed E-state index contributed by atoms with van der Waals surface area (Å²) in [4.78, 5) is 14.4. The van der Waals surface area contributed by atoms with Crippen LogP contribution < -0.4 is 0 Å². The molecule has 0 unspecified atom stereocenters. The lowest BCUT2D eigenvalue weighted by Crippen LogP contribution is -2.30. The molecule has 2 nitrogen and oxygen atoms in total. The van der Waals surface area contributed by atoms with E-state index in [9.17, 15) is 9.18 Å². The molecule has 1 amide bonds. The van der Waals surface area contributed by atoms with E-state index in [4.69, 9.17) is 0 Å². The maximum atomic E-state index is 13.4. The molecule has 0 N–H and O–H groups in total. The molecule has 3 rings (SSSR count). The molecule has 0 saturated carbocycles. The van der Waals surface area contributed by atoms with E-state index in [0.29, 0.717) is 6.42 Å². The zero-order chi connectivity index (χ0) is 15.4. The van der Waals surface area contributed by atoms with Crippen molar-refractivity contribution in [3.63, 3.8) is 0 Å². The Balaban J connectivity index is 1.66. The summed E-state index contributed by atoms with van der Waals surface area (Å²) >= 11 is 1.70. The van der Waals surface area contributed by atoms with Crippen molar-refractivity contribution < 1.29 is 9.18 Å². The van der Waals surface area contributed by atoms with Crippen LogP contribution in [-0.4, -0.2) is 23.1 Å². The Labute approximate surface area is 134 Å². The number of thioether (sulfide) groups is 1. The number of amides is 1. The van der Waals surface area contributed by atoms with Gasteiger partial charge in [-0.1, -0.05) is 42.5 Å². The molecule has 114 valence electrons. The van der Waals surface area contributed by atoms with Crippen molar-refractivity contribution in [2.45, 2.75) is 18.2 Å². The topological polar surface area (TPSA) is 20.3 Å². The van der Waals surface area contributed by atoms with Gasteiger partial charge in [0.15, 0.2) is 0 Å². The molecule has 0 aliphatic carbocycles. The number of aryl methyl sites for hydroxylation is 1. The Bertz CT molecular complexity index is 647. The third kappa shape index (κ3) is 3.50. The van der Waals surface area contributed by atoms with E-state index >= 15 is 0 Å². The van der Waals surface area contributed by atoms with Gasteiger partial charge < -0.3 is 4.90 Å². The first-order valence-corrected chi connectivity index (χ1v) is 8.49. The lowest BCUT2D eigenvalue weighted by Gasteiger charge is -2.24. The molecule has 2 aromatic carbocycles. The molecule has 1 aliphatic heterocycles. The van der Waals surface area contributed by atoms with Crippen LogP contribution in [0.5, 0.6) is 0 Å². The van der Waals surface area contributed by atoms with Gasteiger partial charge >= 0.3 is 0 Å². The van der Waals surface area contributed by atoms with E-state index in [1.807, 2.05) is 41.3 Å². The van der Waals surface area contributed by atoms with E-state index in [-0.39, 0.29) is 17.1 Å². The number of benzene rings is 2. The Morgan fingerprint density at radius 2 is 2.00 bits per heavy atom. The van der Waals surface area contributed by atoms with Gasteiger partial charge in [0.1, 0.15) is 11.2 Å². The third-order valence-electron chi connectivity index (χ3n) is 3.82. The Hall–Kier alpha value is -1.81. The molecule has 4 heteroatoms. The molecule has 22 heavy (non-hydrogen) atoms. The molecule has 1 aliphatic rings. The molecular weight excluding hydrogens is 297 g/mol. The summed E-state index contributed by atoms with van der Waals surface area (Å²) in [5, 5.41) is -0.0565. The first-order valence-electron chi connectivity index (χ1n) is 7.44. The van der Waals surface area contributed by atoms with Gasteiger partial charge in [-0.05, 0) is 29.7 Å². The minimum Gasteiger partial charge on any atom is -0.326 e. The van der Waals surface area contributed by atoms with Crippen molar-refractivity contribution in [1.29, 1.82) is 0 Å². The Morgan fingerprint density at radius 3 is 2.77 bits per heavy atom. The van der Waals surface area contributed by atoms with Gasteiger partial charge in [-0.2, -0.15) is 0 Å². The number of hydrogen-bond acceptors (Lipinski definition) is 2. The van der Waals surface area contributed by atoms with Gasteiger partial charge in [-0.25, -0.2) is 4.39 Å². The number of nitrogens with zero attached hydrogens (tertiary/aromatic N) is 1. The lowest BCUT2D eigenvalue weighted by molar-refractivity contribution is -0.131. The van der Waals surface area contributed by atoms with Gasteiger partial charge in [0.2, 0.25) is 5.91 Å². The quantitative estimate of drug-likeness (QED) is 0.849. The summed E-state index contributed by atoms with van der Waals surface area (Å²) in [6, 6.07) is 16.6. The van der Waals surface area contributed by atoms with Crippen molar-refractivity contribution >= 4 is 17.7 Å². The summed E-state index contributed by atoms with van der Waals surface area (Å²) < 4.78 is 13.4. The zero-order valence-electron chi connectivity index (χ0n) is 12.2. The summed E-state index contributed by atoms with van der Waals surface area (Å²) in [5.41, 5.74) is 2.04. The van der Waals surface area contributed by atoms with Crippen LogP contribution in [-0.2, 0) is 11.2 Å². The molecule has 0 bridgehead atoms. The fourth-order valence-corrected chi connectivity index (χ4v) is 3.97. The lowest BCUT2D eigenvalue weighted by atomic mass is 10.1. The van der Waals surface area contributed by atoms with Gasteiger partial charge in [0.25, 0.3) is 0 Å². The highest BCUT2D eigenvalue weighted by molar-refractivity contribution is 7.99. The van der Waals surface area contributed by atoms with Gasteiger partial charge in [-0.15, -0.1) is 11.8 Å². The second-order valence-corrected chi connectivity index (χ2v) is 6.54. The molecule has 0 radical (unpaired) electrons. The van der Waals surface area contributed by atoms with Crippen LogP contribution in [0.4, 0.5) is 4.39 Å². The highest BCUT2D eigenvalue weighted by Crippen LogP contribution is 2.38. The first-order chi connectivity index (χ1) is 10.7. The van der Waals surface area contributed by atoms with Crippen LogP contribution in [0.1, 0.15) is 22.9 Å². The van der Waals surface area contributed by atoms with Crippen LogP contribution in [0.3, 0.4) is 0 Å². The van der Waals surface area contributed by atoms with Crippen molar-refractivity contribution in [3.8, 4) is 0 Å². The zero-order valence-corrected chi connectivity index (χ0v) is 13.1. The SMILES string of the molecule is O=C(CCc1ccccc1)N1CCS[C@@H]1c1cccc(F)c1. The van der Waals surface area contributed by atoms with Crippen molar-refractivity contribution in [2.24, 2.45) is 0 Å². The predicted molar refractivity (Wildman–Crippen MR) is 88.1 cm³/mol. The standard InChI is InChI=1S/C18H18FNOS/c19-16-8-4-7-15(13-16)18-20(11-12-22-18)17(21)10-9-14-5-2-1-3-6-14/h1-8,13,18H,9-12H2/t18-/m1/s1. The minimum absolute atomic E-state index is 0.0565. The highest BCUT2D eigenvalue weighted by atomic mass is 32.2. The van der Waals surface area contributed by atoms with Crippen molar-refractivity contribution in [3.05, 3.63) is 71.5 Å². The molecular formula is C18H18FNOS. The fourth-order valence-electron chi connectivity index (χ4n) is 2.70. The van der Waals surface area contributed by atoms with E-state index < -0.39 is 0 Å². The number of carbonyl (C=O) groups is 1. The van der Waals surface area contributed by atoms with Crippen LogP contribution in [0, 0.1) is 5.82 Å². The van der Waals surface area contributed by atoms with Gasteiger partial charge in [0, 0.05) is 18.7 Å². The maximum absolute atomic E-state index is 13.4. The first kappa shape index (κ1) is 15.1. The van der Waals surface area contributed by atoms with Crippen LogP contribution in [0.25, 0.3) is 0 Å². The third-order valence-corrected chi connectivity index (χ3v) is 5.08. The number of rotatable bonds is 4. The molecule has 1 saturated heterocycles. The average molecular weight is 315 g/mol. The van der Waals surface area contributed by atoms with E-state index in [1.165, 1.54) is 17.7 Å². The summed E-state index contributed by atoms with van der Waals surface area (Å²) in [6.07, 6.45) is 1.24. The van der Waals surface area contributed by atoms with Crippen LogP contribution in [0.15, 0.2) is 54.6 Å². The van der Waals surface area contributed by atoms with Crippen LogP contribution in [0.2, 0.25) is 0 Å². The largest absolute Gasteiger partial charge is 0.326 e. The second-order valence-electron chi connectivity index (χ2n) is 5.35. The Morgan fingerprint density at radius 1 is 1.18 bits per heavy atom.